The van der Waals surface area contributed by atoms with Gasteiger partial charge in [-0.05, 0) is 26.8 Å². The van der Waals surface area contributed by atoms with E-state index in [0.29, 0.717) is 0 Å². The van der Waals surface area contributed by atoms with E-state index in [-0.39, 0.29) is 0 Å². The van der Waals surface area contributed by atoms with Crippen LogP contribution in [0.15, 0.2) is 0 Å². The predicted molar refractivity (Wildman–Crippen MR) is 67.5 cm³/mol. The molecule has 0 radical (unpaired) electrons. The third-order valence-electron chi connectivity index (χ3n) is 2.31. The molecule has 0 atom stereocenters. The average Bonchev–Trinajstić information content (AvgIpc) is 2.29. The molecule has 3 nitrogen and oxygen atoms in total. The van der Waals surface area contributed by atoms with Crippen molar-refractivity contribution in [2.45, 2.75) is 26.7 Å². The maximum absolute atomic E-state index is 5.35. The van der Waals surface area contributed by atoms with Crippen LogP contribution in [0.2, 0.25) is 0 Å². The first-order chi connectivity index (χ1) is 7.85. The average molecular weight is 227 g/mol. The van der Waals surface area contributed by atoms with E-state index in [1.807, 2.05) is 13.8 Å². The fourth-order valence-corrected chi connectivity index (χ4v) is 1.42. The van der Waals surface area contributed by atoms with E-state index in [2.05, 4.69) is 10.8 Å². The van der Waals surface area contributed by atoms with Crippen LogP contribution in [0, 0.1) is 12.3 Å². The molecule has 0 saturated heterocycles. The lowest BCUT2D eigenvalue weighted by atomic mass is 10.3. The zero-order valence-corrected chi connectivity index (χ0v) is 10.7. The monoisotopic (exact) mass is 227 g/mol. The largest absolute Gasteiger partial charge is 0.380 e. The van der Waals surface area contributed by atoms with Crippen LogP contribution in [0.3, 0.4) is 0 Å². The summed E-state index contributed by atoms with van der Waals surface area (Å²) in [7, 11) is 0. The Balaban J connectivity index is 3.63. The Morgan fingerprint density at radius 1 is 1.00 bits per heavy atom. The molecule has 0 heterocycles. The molecule has 16 heavy (non-hydrogen) atoms. The molecule has 0 amide bonds. The lowest BCUT2D eigenvalue weighted by molar-refractivity contribution is 0.0825. The molecule has 0 aromatic rings. The zero-order valence-electron chi connectivity index (χ0n) is 10.7. The summed E-state index contributed by atoms with van der Waals surface area (Å²) in [5.74, 6) is 2.67. The second-order valence-electron chi connectivity index (χ2n) is 3.54. The van der Waals surface area contributed by atoms with E-state index in [9.17, 15) is 0 Å². The smallest absolute Gasteiger partial charge is 0.0593 e. The summed E-state index contributed by atoms with van der Waals surface area (Å²) < 4.78 is 10.7. The summed E-state index contributed by atoms with van der Waals surface area (Å²) in [5.41, 5.74) is 0. The van der Waals surface area contributed by atoms with E-state index in [4.69, 9.17) is 15.9 Å². The molecule has 94 valence electrons. The molecule has 0 aromatic heterocycles. The van der Waals surface area contributed by atoms with Crippen molar-refractivity contribution in [2.75, 3.05) is 46.1 Å². The summed E-state index contributed by atoms with van der Waals surface area (Å²) in [5, 5.41) is 0. The third-order valence-corrected chi connectivity index (χ3v) is 2.31. The quantitative estimate of drug-likeness (QED) is 0.397. The summed E-state index contributed by atoms with van der Waals surface area (Å²) >= 11 is 0. The van der Waals surface area contributed by atoms with Crippen LogP contribution in [0.1, 0.15) is 26.7 Å². The summed E-state index contributed by atoms with van der Waals surface area (Å²) in [4.78, 5) is 2.35. The maximum atomic E-state index is 5.35. The van der Waals surface area contributed by atoms with E-state index in [1.54, 1.807) is 0 Å². The van der Waals surface area contributed by atoms with Crippen molar-refractivity contribution in [3.8, 4) is 12.3 Å². The van der Waals surface area contributed by atoms with Gasteiger partial charge in [0.15, 0.2) is 0 Å². The van der Waals surface area contributed by atoms with E-state index in [0.717, 1.165) is 58.9 Å². The van der Waals surface area contributed by atoms with Gasteiger partial charge in [-0.3, -0.25) is 4.90 Å². The first-order valence-corrected chi connectivity index (χ1v) is 6.16. The highest BCUT2D eigenvalue weighted by Gasteiger charge is 2.03. The highest BCUT2D eigenvalue weighted by Crippen LogP contribution is 1.95. The second-order valence-corrected chi connectivity index (χ2v) is 3.54. The van der Waals surface area contributed by atoms with Gasteiger partial charge < -0.3 is 9.47 Å². The highest BCUT2D eigenvalue weighted by molar-refractivity contribution is 4.83. The number of nitrogens with zero attached hydrogens (tertiary/aromatic N) is 1. The maximum Gasteiger partial charge on any atom is 0.0593 e. The van der Waals surface area contributed by atoms with Gasteiger partial charge in [-0.25, -0.2) is 0 Å². The fourth-order valence-electron chi connectivity index (χ4n) is 1.42. The predicted octanol–water partition coefficient (Wildman–Crippen LogP) is 1.77. The van der Waals surface area contributed by atoms with Crippen molar-refractivity contribution in [3.05, 3.63) is 0 Å². The molecule has 0 saturated carbocycles. The van der Waals surface area contributed by atoms with Crippen molar-refractivity contribution in [1.82, 2.24) is 4.90 Å². The molecule has 0 N–H and O–H groups in total. The van der Waals surface area contributed by atoms with Crippen molar-refractivity contribution < 1.29 is 9.47 Å². The molecule has 0 unspecified atom stereocenters. The van der Waals surface area contributed by atoms with Gasteiger partial charge in [-0.15, -0.1) is 12.3 Å². The summed E-state index contributed by atoms with van der Waals surface area (Å²) in [6, 6.07) is 0. The van der Waals surface area contributed by atoms with Gasteiger partial charge >= 0.3 is 0 Å². The van der Waals surface area contributed by atoms with Crippen molar-refractivity contribution in [1.29, 1.82) is 0 Å². The van der Waals surface area contributed by atoms with Crippen LogP contribution in [-0.4, -0.2) is 51.0 Å². The van der Waals surface area contributed by atoms with Gasteiger partial charge in [0.25, 0.3) is 0 Å². The minimum absolute atomic E-state index is 0.781. The molecule has 0 aliphatic rings. The van der Waals surface area contributed by atoms with Crippen LogP contribution >= 0.6 is 0 Å². The van der Waals surface area contributed by atoms with Gasteiger partial charge in [0.2, 0.25) is 0 Å². The normalized spacial score (nSPS) is 10.6. The number of hydrogen-bond donors (Lipinski definition) is 0. The molecular weight excluding hydrogens is 202 g/mol. The third kappa shape index (κ3) is 9.97. The van der Waals surface area contributed by atoms with E-state index >= 15 is 0 Å². The van der Waals surface area contributed by atoms with Crippen LogP contribution < -0.4 is 0 Å². The summed E-state index contributed by atoms with van der Waals surface area (Å²) in [6.45, 7) is 10.1. The fraction of sp³-hybridized carbons (Fsp3) is 0.846. The molecule has 0 aliphatic carbocycles. The molecular formula is C13H25NO2. The molecule has 0 fully saturated rings. The van der Waals surface area contributed by atoms with Crippen molar-refractivity contribution in [2.24, 2.45) is 0 Å². The second kappa shape index (κ2) is 12.5. The minimum Gasteiger partial charge on any atom is -0.380 e. The number of ether oxygens (including phenoxy) is 2. The van der Waals surface area contributed by atoms with Crippen molar-refractivity contribution >= 4 is 0 Å². The lowest BCUT2D eigenvalue weighted by Gasteiger charge is -2.21. The first kappa shape index (κ1) is 15.4. The Bertz CT molecular complexity index is 167. The van der Waals surface area contributed by atoms with Crippen molar-refractivity contribution in [3.63, 3.8) is 0 Å². The SMILES string of the molecule is C#CCCCN(CCOCC)CCOCC. The highest BCUT2D eigenvalue weighted by atomic mass is 16.5. The Morgan fingerprint density at radius 2 is 1.56 bits per heavy atom. The first-order valence-electron chi connectivity index (χ1n) is 6.16. The van der Waals surface area contributed by atoms with E-state index in [1.165, 1.54) is 0 Å². The topological polar surface area (TPSA) is 21.7 Å². The molecule has 0 spiro atoms. The van der Waals surface area contributed by atoms with Gasteiger partial charge in [0.05, 0.1) is 13.2 Å². The zero-order chi connectivity index (χ0) is 12.1. The van der Waals surface area contributed by atoms with Gasteiger partial charge in [-0.1, -0.05) is 0 Å². The van der Waals surface area contributed by atoms with Crippen LogP contribution in [-0.2, 0) is 9.47 Å². The van der Waals surface area contributed by atoms with Crippen LogP contribution in [0.25, 0.3) is 0 Å². The molecule has 0 aliphatic heterocycles. The molecule has 0 aromatic carbocycles. The van der Waals surface area contributed by atoms with Gasteiger partial charge in [-0.2, -0.15) is 0 Å². The van der Waals surface area contributed by atoms with Crippen LogP contribution in [0.5, 0.6) is 0 Å². The number of unbranched alkanes of at least 4 members (excludes halogenated alkanes) is 1. The van der Waals surface area contributed by atoms with Crippen LogP contribution in [0.4, 0.5) is 0 Å². The summed E-state index contributed by atoms with van der Waals surface area (Å²) in [6.07, 6.45) is 7.14. The Kier molecular flexibility index (Phi) is 12.1. The number of rotatable bonds is 11. The molecule has 0 rings (SSSR count). The lowest BCUT2D eigenvalue weighted by Crippen LogP contribution is -2.32. The Morgan fingerprint density at radius 3 is 2.00 bits per heavy atom. The minimum atomic E-state index is 0.781. The van der Waals surface area contributed by atoms with Gasteiger partial charge in [0.1, 0.15) is 0 Å². The van der Waals surface area contributed by atoms with Gasteiger partial charge in [0, 0.05) is 32.7 Å². The van der Waals surface area contributed by atoms with E-state index < -0.39 is 0 Å². The number of hydrogen-bond acceptors (Lipinski definition) is 3. The Labute approximate surface area is 100 Å². The number of terminal acetylenes is 1. The Hall–Kier alpha value is -0.560. The standard InChI is InChI=1S/C13H25NO2/c1-4-7-8-9-14(10-12-15-5-2)11-13-16-6-3/h1H,5-13H2,2-3H3. The molecule has 3 heteroatoms. The molecule has 0 bridgehead atoms.